The monoisotopic (exact) mass is 407 g/mol. The molecule has 0 saturated heterocycles. The van der Waals surface area contributed by atoms with E-state index in [0.29, 0.717) is 30.8 Å². The largest absolute Gasteiger partial charge is 0.489 e. The number of ether oxygens (including phenoxy) is 1. The summed E-state index contributed by atoms with van der Waals surface area (Å²) in [6.07, 6.45) is 1.55. The number of carbonyl (C=O) groups excluding carboxylic acids is 1. The number of anilines is 1. The fraction of sp³-hybridized carbons (Fsp3) is 0.300. The summed E-state index contributed by atoms with van der Waals surface area (Å²) in [6, 6.07) is 7.82. The molecule has 0 fully saturated rings. The number of aliphatic carboxylic acids is 1. The molecular formula is C20H23F2N3O4. The van der Waals surface area contributed by atoms with Gasteiger partial charge in [0.05, 0.1) is 0 Å². The van der Waals surface area contributed by atoms with Gasteiger partial charge >= 0.3 is 12.0 Å². The molecule has 0 aliphatic carbocycles. The molecule has 0 spiro atoms. The van der Waals surface area contributed by atoms with Crippen LogP contribution in [0, 0.1) is 11.6 Å². The highest BCUT2D eigenvalue weighted by atomic mass is 19.1. The molecule has 156 valence electrons. The third-order valence-electron chi connectivity index (χ3n) is 4.07. The van der Waals surface area contributed by atoms with Gasteiger partial charge in [0, 0.05) is 17.3 Å². The minimum Gasteiger partial charge on any atom is -0.489 e. The number of nitrogens with two attached hydrogens (primary N) is 1. The van der Waals surface area contributed by atoms with Crippen molar-refractivity contribution in [3.63, 3.8) is 0 Å². The van der Waals surface area contributed by atoms with Crippen LogP contribution in [0.5, 0.6) is 5.75 Å². The Hall–Kier alpha value is -3.20. The number of hydrogen-bond acceptors (Lipinski definition) is 4. The summed E-state index contributed by atoms with van der Waals surface area (Å²) in [5.74, 6) is -2.05. The Morgan fingerprint density at radius 1 is 1.10 bits per heavy atom. The predicted molar refractivity (Wildman–Crippen MR) is 104 cm³/mol. The van der Waals surface area contributed by atoms with Crippen molar-refractivity contribution in [2.75, 3.05) is 11.9 Å². The first-order chi connectivity index (χ1) is 13.9. The maximum absolute atomic E-state index is 13.6. The molecule has 2 rings (SSSR count). The van der Waals surface area contributed by atoms with Gasteiger partial charge in [-0.3, -0.25) is 0 Å². The third kappa shape index (κ3) is 7.38. The number of benzene rings is 2. The average Bonchev–Trinajstić information content (AvgIpc) is 2.67. The number of hydrogen-bond donors (Lipinski definition) is 4. The summed E-state index contributed by atoms with van der Waals surface area (Å²) in [5.41, 5.74) is 6.02. The van der Waals surface area contributed by atoms with Crippen molar-refractivity contribution in [2.45, 2.75) is 31.9 Å². The van der Waals surface area contributed by atoms with Crippen LogP contribution in [0.3, 0.4) is 0 Å². The van der Waals surface area contributed by atoms with Gasteiger partial charge < -0.3 is 26.2 Å². The number of amides is 2. The van der Waals surface area contributed by atoms with Crippen molar-refractivity contribution in [3.8, 4) is 5.75 Å². The van der Waals surface area contributed by atoms with Crippen LogP contribution in [0.2, 0.25) is 0 Å². The van der Waals surface area contributed by atoms with Crippen LogP contribution in [-0.4, -0.2) is 29.7 Å². The zero-order chi connectivity index (χ0) is 21.2. The van der Waals surface area contributed by atoms with E-state index in [9.17, 15) is 23.5 Å². The number of rotatable bonds is 10. The lowest BCUT2D eigenvalue weighted by Crippen LogP contribution is -2.43. The van der Waals surface area contributed by atoms with E-state index in [2.05, 4.69) is 10.6 Å². The molecule has 29 heavy (non-hydrogen) atoms. The molecule has 0 heterocycles. The first-order valence-corrected chi connectivity index (χ1v) is 9.06. The Balaban J connectivity index is 1.85. The standard InChI is InChI=1S/C20H23F2N3O4/c21-14-5-4-13(17(22)11-14)12-29-16-8-6-15(7-9-16)24-20(28)25-18(19(26)27)3-1-2-10-23/h4-9,11,18H,1-3,10,12,23H2,(H,26,27)(H2,24,25,28)/t18-/m0/s1. The minimum atomic E-state index is -1.12. The smallest absolute Gasteiger partial charge is 0.326 e. The number of nitrogens with one attached hydrogen (secondary N) is 2. The number of urea groups is 1. The van der Waals surface area contributed by atoms with Gasteiger partial charge in [0.25, 0.3) is 0 Å². The maximum atomic E-state index is 13.6. The van der Waals surface area contributed by atoms with Crippen LogP contribution in [0.25, 0.3) is 0 Å². The molecule has 7 nitrogen and oxygen atoms in total. The summed E-state index contributed by atoms with van der Waals surface area (Å²) in [6.45, 7) is 0.378. The number of carbonyl (C=O) groups is 2. The average molecular weight is 407 g/mol. The molecule has 0 aliphatic rings. The molecule has 0 aromatic heterocycles. The SMILES string of the molecule is NCCCC[C@H](NC(=O)Nc1ccc(OCc2ccc(F)cc2F)cc1)C(=O)O. The lowest BCUT2D eigenvalue weighted by molar-refractivity contribution is -0.139. The second-order valence-electron chi connectivity index (χ2n) is 6.32. The van der Waals surface area contributed by atoms with E-state index in [4.69, 9.17) is 10.5 Å². The molecule has 0 bridgehead atoms. The van der Waals surface area contributed by atoms with Crippen LogP contribution < -0.4 is 21.1 Å². The van der Waals surface area contributed by atoms with E-state index in [0.717, 1.165) is 12.1 Å². The summed E-state index contributed by atoms with van der Waals surface area (Å²) >= 11 is 0. The Bertz CT molecular complexity index is 831. The summed E-state index contributed by atoms with van der Waals surface area (Å²) in [7, 11) is 0. The Kier molecular flexibility index (Phi) is 8.35. The minimum absolute atomic E-state index is 0.0809. The van der Waals surface area contributed by atoms with E-state index >= 15 is 0 Å². The van der Waals surface area contributed by atoms with Crippen molar-refractivity contribution in [3.05, 3.63) is 59.7 Å². The van der Waals surface area contributed by atoms with E-state index in [1.807, 2.05) is 0 Å². The third-order valence-corrected chi connectivity index (χ3v) is 4.07. The number of carboxylic acids is 1. The molecule has 2 amide bonds. The van der Waals surface area contributed by atoms with E-state index in [-0.39, 0.29) is 18.6 Å². The number of unbranched alkanes of at least 4 members (excludes halogenated alkanes) is 1. The zero-order valence-electron chi connectivity index (χ0n) is 15.7. The van der Waals surface area contributed by atoms with Crippen LogP contribution in [0.1, 0.15) is 24.8 Å². The molecular weight excluding hydrogens is 384 g/mol. The van der Waals surface area contributed by atoms with Crippen molar-refractivity contribution in [1.82, 2.24) is 5.32 Å². The topological polar surface area (TPSA) is 114 Å². The molecule has 0 radical (unpaired) electrons. The molecule has 0 saturated carbocycles. The Labute approximate surface area is 166 Å². The molecule has 5 N–H and O–H groups in total. The molecule has 0 unspecified atom stereocenters. The van der Waals surface area contributed by atoms with Crippen LogP contribution in [-0.2, 0) is 11.4 Å². The van der Waals surface area contributed by atoms with Gasteiger partial charge in [-0.1, -0.05) is 0 Å². The zero-order valence-corrected chi connectivity index (χ0v) is 15.7. The highest BCUT2D eigenvalue weighted by molar-refractivity contribution is 5.92. The molecule has 1 atom stereocenters. The molecule has 0 aliphatic heterocycles. The number of halogens is 2. The van der Waals surface area contributed by atoms with Gasteiger partial charge in [0.2, 0.25) is 0 Å². The normalized spacial score (nSPS) is 11.6. The fourth-order valence-corrected chi connectivity index (χ4v) is 2.51. The van der Waals surface area contributed by atoms with Crippen LogP contribution in [0.15, 0.2) is 42.5 Å². The first-order valence-electron chi connectivity index (χ1n) is 9.06. The van der Waals surface area contributed by atoms with E-state index in [1.165, 1.54) is 6.07 Å². The van der Waals surface area contributed by atoms with Crippen molar-refractivity contribution in [2.24, 2.45) is 5.73 Å². The molecule has 2 aromatic rings. The predicted octanol–water partition coefficient (Wildman–Crippen LogP) is 3.25. The maximum Gasteiger partial charge on any atom is 0.326 e. The van der Waals surface area contributed by atoms with E-state index in [1.54, 1.807) is 24.3 Å². The lowest BCUT2D eigenvalue weighted by Gasteiger charge is -2.15. The van der Waals surface area contributed by atoms with Crippen molar-refractivity contribution in [1.29, 1.82) is 0 Å². The Morgan fingerprint density at radius 3 is 2.45 bits per heavy atom. The van der Waals surface area contributed by atoms with Gasteiger partial charge in [0.15, 0.2) is 0 Å². The van der Waals surface area contributed by atoms with Crippen molar-refractivity contribution >= 4 is 17.7 Å². The van der Waals surface area contributed by atoms with Crippen molar-refractivity contribution < 1.29 is 28.2 Å². The van der Waals surface area contributed by atoms with Gasteiger partial charge in [-0.2, -0.15) is 0 Å². The van der Waals surface area contributed by atoms with Crippen LogP contribution in [0.4, 0.5) is 19.3 Å². The summed E-state index contributed by atoms with van der Waals surface area (Å²) in [4.78, 5) is 23.2. The van der Waals surface area contributed by atoms with Gasteiger partial charge in [-0.25, -0.2) is 18.4 Å². The van der Waals surface area contributed by atoms with Crippen LogP contribution >= 0.6 is 0 Å². The second kappa shape index (κ2) is 11.0. The quantitative estimate of drug-likeness (QED) is 0.452. The molecule has 2 aromatic carbocycles. The van der Waals surface area contributed by atoms with Gasteiger partial charge in [-0.15, -0.1) is 0 Å². The number of carboxylic acid groups (broad SMARTS) is 1. The highest BCUT2D eigenvalue weighted by Crippen LogP contribution is 2.18. The first kappa shape index (κ1) is 22.1. The van der Waals surface area contributed by atoms with Gasteiger partial charge in [0.1, 0.15) is 30.0 Å². The van der Waals surface area contributed by atoms with Gasteiger partial charge in [-0.05, 0) is 62.2 Å². The highest BCUT2D eigenvalue weighted by Gasteiger charge is 2.19. The fourth-order valence-electron chi connectivity index (χ4n) is 2.51. The van der Waals surface area contributed by atoms with E-state index < -0.39 is 29.7 Å². The summed E-state index contributed by atoms with van der Waals surface area (Å²) < 4.78 is 31.9. The summed E-state index contributed by atoms with van der Waals surface area (Å²) in [5, 5.41) is 14.1. The lowest BCUT2D eigenvalue weighted by atomic mass is 10.1. The Morgan fingerprint density at radius 2 is 1.83 bits per heavy atom. The second-order valence-corrected chi connectivity index (χ2v) is 6.32. The molecule has 9 heteroatoms.